The summed E-state index contributed by atoms with van der Waals surface area (Å²) in [6.45, 7) is 2.00. The van der Waals surface area contributed by atoms with Crippen LogP contribution in [0.4, 0.5) is 0 Å². The lowest BCUT2D eigenvalue weighted by Gasteiger charge is -2.08. The van der Waals surface area contributed by atoms with E-state index in [9.17, 15) is 9.59 Å². The molecule has 0 aliphatic heterocycles. The van der Waals surface area contributed by atoms with Crippen LogP contribution in [0.3, 0.4) is 0 Å². The number of rotatable bonds is 5. The summed E-state index contributed by atoms with van der Waals surface area (Å²) >= 11 is 0. The molecule has 0 aliphatic rings. The highest BCUT2D eigenvalue weighted by Crippen LogP contribution is 2.08. The Bertz CT molecular complexity index is 504. The number of aryl methyl sites for hydroxylation is 1. The molecule has 1 rings (SSSR count). The molecule has 104 valence electrons. The van der Waals surface area contributed by atoms with Gasteiger partial charge in [-0.2, -0.15) is 0 Å². The lowest BCUT2D eigenvalue weighted by atomic mass is 10.4. The van der Waals surface area contributed by atoms with E-state index < -0.39 is 11.9 Å². The minimum atomic E-state index is -0.516. The van der Waals surface area contributed by atoms with E-state index in [1.807, 2.05) is 0 Å². The predicted octanol–water partition coefficient (Wildman–Crippen LogP) is 0.681. The molecular weight excluding hydrogens is 252 g/mol. The van der Waals surface area contributed by atoms with E-state index >= 15 is 0 Å². The standard InChI is InChI=1S/C12H16N2O5/c1-8-13-10(12(16)19-4)7-14(8)6-9(17-2)5-11(15)18-3/h5,7H,6H2,1-4H3/b9-5+. The van der Waals surface area contributed by atoms with Gasteiger partial charge in [-0.15, -0.1) is 0 Å². The number of aromatic nitrogens is 2. The summed E-state index contributed by atoms with van der Waals surface area (Å²) in [5.41, 5.74) is 0.202. The van der Waals surface area contributed by atoms with Crippen LogP contribution in [0.5, 0.6) is 0 Å². The maximum atomic E-state index is 11.3. The summed E-state index contributed by atoms with van der Waals surface area (Å²) in [4.78, 5) is 26.5. The first-order valence-corrected chi connectivity index (χ1v) is 5.46. The number of carbonyl (C=O) groups is 2. The predicted molar refractivity (Wildman–Crippen MR) is 65.4 cm³/mol. The summed E-state index contributed by atoms with van der Waals surface area (Å²) in [5, 5.41) is 0. The van der Waals surface area contributed by atoms with Gasteiger partial charge in [-0.1, -0.05) is 0 Å². The van der Waals surface area contributed by atoms with Crippen molar-refractivity contribution in [1.29, 1.82) is 0 Å². The van der Waals surface area contributed by atoms with E-state index in [-0.39, 0.29) is 12.2 Å². The van der Waals surface area contributed by atoms with Crippen LogP contribution in [0.2, 0.25) is 0 Å². The number of allylic oxidation sites excluding steroid dienone is 1. The average molecular weight is 268 g/mol. The van der Waals surface area contributed by atoms with Crippen molar-refractivity contribution in [3.8, 4) is 0 Å². The van der Waals surface area contributed by atoms with Crippen LogP contribution >= 0.6 is 0 Å². The Morgan fingerprint density at radius 1 is 1.26 bits per heavy atom. The molecular formula is C12H16N2O5. The van der Waals surface area contributed by atoms with Crippen LogP contribution in [-0.2, 0) is 25.5 Å². The van der Waals surface area contributed by atoms with E-state index in [0.29, 0.717) is 11.6 Å². The first kappa shape index (κ1) is 14.7. The molecule has 0 bridgehead atoms. The molecule has 0 fully saturated rings. The van der Waals surface area contributed by atoms with Gasteiger partial charge in [0.15, 0.2) is 5.69 Å². The number of imidazole rings is 1. The average Bonchev–Trinajstić information content (AvgIpc) is 2.78. The van der Waals surface area contributed by atoms with E-state index in [0.717, 1.165) is 0 Å². The van der Waals surface area contributed by atoms with Gasteiger partial charge in [0.25, 0.3) is 0 Å². The van der Waals surface area contributed by atoms with Crippen LogP contribution < -0.4 is 0 Å². The molecule has 0 radical (unpaired) electrons. The van der Waals surface area contributed by atoms with Gasteiger partial charge in [-0.3, -0.25) is 0 Å². The van der Waals surface area contributed by atoms with Crippen molar-refractivity contribution >= 4 is 11.9 Å². The summed E-state index contributed by atoms with van der Waals surface area (Å²) in [6.07, 6.45) is 2.77. The van der Waals surface area contributed by atoms with Crippen molar-refractivity contribution in [3.05, 3.63) is 29.6 Å². The maximum absolute atomic E-state index is 11.3. The molecule has 0 atom stereocenters. The first-order chi connectivity index (χ1) is 9.01. The zero-order valence-corrected chi connectivity index (χ0v) is 11.3. The normalized spacial score (nSPS) is 11.1. The number of hydrogen-bond donors (Lipinski definition) is 0. The number of ether oxygens (including phenoxy) is 3. The Morgan fingerprint density at radius 3 is 2.47 bits per heavy atom. The Balaban J connectivity index is 2.92. The van der Waals surface area contributed by atoms with Crippen molar-refractivity contribution in [3.63, 3.8) is 0 Å². The van der Waals surface area contributed by atoms with E-state index in [2.05, 4.69) is 14.5 Å². The largest absolute Gasteiger partial charge is 0.499 e. The number of nitrogens with zero attached hydrogens (tertiary/aromatic N) is 2. The highest BCUT2D eigenvalue weighted by molar-refractivity contribution is 5.87. The second kappa shape index (κ2) is 6.58. The minimum Gasteiger partial charge on any atom is -0.499 e. The zero-order valence-electron chi connectivity index (χ0n) is 11.3. The molecule has 0 unspecified atom stereocenters. The number of methoxy groups -OCH3 is 3. The molecule has 0 saturated heterocycles. The lowest BCUT2D eigenvalue weighted by molar-refractivity contribution is -0.135. The van der Waals surface area contributed by atoms with Crippen LogP contribution in [0.1, 0.15) is 16.3 Å². The van der Waals surface area contributed by atoms with Gasteiger partial charge in [0.05, 0.1) is 34.0 Å². The van der Waals surface area contributed by atoms with Gasteiger partial charge in [0.1, 0.15) is 11.6 Å². The lowest BCUT2D eigenvalue weighted by Crippen LogP contribution is -2.07. The molecule has 0 saturated carbocycles. The van der Waals surface area contributed by atoms with Gasteiger partial charge in [0, 0.05) is 6.20 Å². The van der Waals surface area contributed by atoms with Crippen molar-refractivity contribution in [2.75, 3.05) is 21.3 Å². The molecule has 0 N–H and O–H groups in total. The summed E-state index contributed by atoms with van der Waals surface area (Å²) < 4.78 is 15.8. The SMILES string of the molecule is COC(=O)/C=C(\Cn1cc(C(=O)OC)nc1C)OC. The quantitative estimate of drug-likeness (QED) is 0.444. The van der Waals surface area contributed by atoms with Crippen molar-refractivity contribution in [2.24, 2.45) is 0 Å². The smallest absolute Gasteiger partial charge is 0.358 e. The van der Waals surface area contributed by atoms with Gasteiger partial charge in [0.2, 0.25) is 0 Å². The van der Waals surface area contributed by atoms with Crippen molar-refractivity contribution < 1.29 is 23.8 Å². The molecule has 7 nitrogen and oxygen atoms in total. The van der Waals surface area contributed by atoms with E-state index in [1.165, 1.54) is 33.6 Å². The van der Waals surface area contributed by atoms with Gasteiger partial charge >= 0.3 is 11.9 Å². The Kier molecular flexibility index (Phi) is 5.11. The fourth-order valence-corrected chi connectivity index (χ4v) is 1.40. The molecule has 0 spiro atoms. The molecule has 7 heteroatoms. The maximum Gasteiger partial charge on any atom is 0.358 e. The van der Waals surface area contributed by atoms with Crippen LogP contribution in [0, 0.1) is 6.92 Å². The first-order valence-electron chi connectivity index (χ1n) is 5.46. The fourth-order valence-electron chi connectivity index (χ4n) is 1.40. The summed E-state index contributed by atoms with van der Waals surface area (Å²) in [6, 6.07) is 0. The van der Waals surface area contributed by atoms with Crippen LogP contribution in [0.25, 0.3) is 0 Å². The molecule has 0 aliphatic carbocycles. The monoisotopic (exact) mass is 268 g/mol. The molecule has 0 amide bonds. The third-order valence-electron chi connectivity index (χ3n) is 2.44. The van der Waals surface area contributed by atoms with Crippen LogP contribution in [0.15, 0.2) is 18.0 Å². The van der Waals surface area contributed by atoms with Gasteiger partial charge in [-0.25, -0.2) is 14.6 Å². The fraction of sp³-hybridized carbons (Fsp3) is 0.417. The second-order valence-corrected chi connectivity index (χ2v) is 3.63. The highest BCUT2D eigenvalue weighted by atomic mass is 16.5. The van der Waals surface area contributed by atoms with Gasteiger partial charge in [-0.05, 0) is 6.92 Å². The molecule has 19 heavy (non-hydrogen) atoms. The number of esters is 2. The summed E-state index contributed by atoms with van der Waals surface area (Å²) in [7, 11) is 4.01. The van der Waals surface area contributed by atoms with Crippen molar-refractivity contribution in [2.45, 2.75) is 13.5 Å². The molecule has 1 aromatic heterocycles. The van der Waals surface area contributed by atoms with Gasteiger partial charge < -0.3 is 18.8 Å². The Hall–Kier alpha value is -2.31. The number of hydrogen-bond acceptors (Lipinski definition) is 6. The second-order valence-electron chi connectivity index (χ2n) is 3.63. The molecule has 1 aromatic rings. The molecule has 1 heterocycles. The Labute approximate surface area is 110 Å². The zero-order chi connectivity index (χ0) is 14.4. The topological polar surface area (TPSA) is 79.7 Å². The third-order valence-corrected chi connectivity index (χ3v) is 2.44. The van der Waals surface area contributed by atoms with Crippen molar-refractivity contribution in [1.82, 2.24) is 9.55 Å². The minimum absolute atomic E-state index is 0.202. The number of carbonyl (C=O) groups excluding carboxylic acids is 2. The third kappa shape index (κ3) is 3.84. The van der Waals surface area contributed by atoms with E-state index in [1.54, 1.807) is 11.5 Å². The van der Waals surface area contributed by atoms with Crippen LogP contribution in [-0.4, -0.2) is 42.8 Å². The highest BCUT2D eigenvalue weighted by Gasteiger charge is 2.13. The van der Waals surface area contributed by atoms with E-state index in [4.69, 9.17) is 4.74 Å². The summed E-state index contributed by atoms with van der Waals surface area (Å²) in [5.74, 6) is -0.0300. The molecule has 0 aromatic carbocycles. The Morgan fingerprint density at radius 2 is 1.95 bits per heavy atom.